The van der Waals surface area contributed by atoms with Crippen molar-refractivity contribution in [2.75, 3.05) is 4.90 Å². The van der Waals surface area contributed by atoms with Gasteiger partial charge in [-0.25, -0.2) is 4.90 Å². The summed E-state index contributed by atoms with van der Waals surface area (Å²) < 4.78 is 0.529. The molecule has 0 spiro atoms. The third-order valence-electron chi connectivity index (χ3n) is 3.02. The molecular weight excluding hydrogens is 365 g/mol. The van der Waals surface area contributed by atoms with E-state index in [1.807, 2.05) is 0 Å². The lowest BCUT2D eigenvalue weighted by atomic mass is 10.1. The molecule has 1 aliphatic heterocycles. The van der Waals surface area contributed by atoms with E-state index in [4.69, 9.17) is 23.2 Å². The molecule has 6 heteroatoms. The van der Waals surface area contributed by atoms with Crippen molar-refractivity contribution in [3.8, 4) is 0 Å². The van der Waals surface area contributed by atoms with Crippen LogP contribution in [0.15, 0.2) is 40.9 Å². The van der Waals surface area contributed by atoms with Gasteiger partial charge in [-0.1, -0.05) is 35.3 Å². The van der Waals surface area contributed by atoms with Crippen molar-refractivity contribution in [3.63, 3.8) is 0 Å². The molecule has 1 heterocycles. The monoisotopic (exact) mass is 369 g/mol. The molecule has 0 N–H and O–H groups in total. The molecule has 0 fully saturated rings. The minimum absolute atomic E-state index is 0.337. The van der Waals surface area contributed by atoms with Crippen molar-refractivity contribution in [1.82, 2.24) is 0 Å². The van der Waals surface area contributed by atoms with Gasteiger partial charge < -0.3 is 0 Å². The van der Waals surface area contributed by atoms with Crippen LogP contribution in [-0.2, 0) is 0 Å². The first-order valence-electron chi connectivity index (χ1n) is 5.63. The number of anilines is 1. The van der Waals surface area contributed by atoms with Crippen LogP contribution >= 0.6 is 39.1 Å². The first-order valence-corrected chi connectivity index (χ1v) is 7.18. The van der Waals surface area contributed by atoms with E-state index in [0.717, 1.165) is 4.90 Å². The number of hydrogen-bond acceptors (Lipinski definition) is 2. The predicted molar refractivity (Wildman–Crippen MR) is 81.7 cm³/mol. The Morgan fingerprint density at radius 2 is 1.35 bits per heavy atom. The van der Waals surface area contributed by atoms with E-state index >= 15 is 0 Å². The van der Waals surface area contributed by atoms with Gasteiger partial charge in [0.2, 0.25) is 0 Å². The molecule has 100 valence electrons. The molecule has 0 saturated carbocycles. The topological polar surface area (TPSA) is 37.4 Å². The summed E-state index contributed by atoms with van der Waals surface area (Å²) in [6.07, 6.45) is 0. The van der Waals surface area contributed by atoms with Gasteiger partial charge in [0.1, 0.15) is 0 Å². The van der Waals surface area contributed by atoms with E-state index in [1.165, 1.54) is 12.1 Å². The van der Waals surface area contributed by atoms with Crippen LogP contribution < -0.4 is 4.90 Å². The van der Waals surface area contributed by atoms with Crippen LogP contribution in [0.25, 0.3) is 0 Å². The number of hydrogen-bond donors (Lipinski definition) is 0. The Balaban J connectivity index is 2.14. The van der Waals surface area contributed by atoms with E-state index in [1.54, 1.807) is 24.3 Å². The van der Waals surface area contributed by atoms with Gasteiger partial charge in [-0.15, -0.1) is 0 Å². The zero-order chi connectivity index (χ0) is 14.4. The fraction of sp³-hybridized carbons (Fsp3) is 0. The fourth-order valence-corrected chi connectivity index (χ4v) is 2.80. The predicted octanol–water partition coefficient (Wildman–Crippen LogP) is 4.56. The van der Waals surface area contributed by atoms with Crippen molar-refractivity contribution >= 4 is 56.6 Å². The molecule has 0 aromatic heterocycles. The Morgan fingerprint density at radius 1 is 0.900 bits per heavy atom. The molecule has 1 aliphatic rings. The van der Waals surface area contributed by atoms with Crippen LogP contribution in [-0.4, -0.2) is 11.8 Å². The molecular formula is C14H6BrCl2NO2. The minimum Gasteiger partial charge on any atom is -0.268 e. The van der Waals surface area contributed by atoms with Gasteiger partial charge in [0.25, 0.3) is 11.8 Å². The lowest BCUT2D eigenvalue weighted by Gasteiger charge is -2.15. The second kappa shape index (κ2) is 4.88. The van der Waals surface area contributed by atoms with Gasteiger partial charge in [0.15, 0.2) is 0 Å². The van der Waals surface area contributed by atoms with Crippen LogP contribution in [0.1, 0.15) is 20.7 Å². The summed E-state index contributed by atoms with van der Waals surface area (Å²) in [6.45, 7) is 0. The molecule has 0 bridgehead atoms. The molecule has 3 nitrogen and oxygen atoms in total. The number of carbonyl (C=O) groups is 2. The van der Waals surface area contributed by atoms with Crippen LogP contribution in [0.2, 0.25) is 10.0 Å². The summed E-state index contributed by atoms with van der Waals surface area (Å²) in [5.41, 5.74) is 1.12. The van der Waals surface area contributed by atoms with Crippen LogP contribution in [0.4, 0.5) is 5.69 Å². The van der Waals surface area contributed by atoms with Crippen molar-refractivity contribution in [2.24, 2.45) is 0 Å². The number of fused-ring (bicyclic) bond motifs is 1. The SMILES string of the molecule is O=C1c2ccccc2C(=O)N1c1cc(Cl)c(Br)c(Cl)c1. The standard InChI is InChI=1S/C14H6BrCl2NO2/c15-12-10(16)5-7(6-11(12)17)18-13(19)8-3-1-2-4-9(8)14(18)20/h1-6H. The van der Waals surface area contributed by atoms with Crippen LogP contribution in [0.5, 0.6) is 0 Å². The van der Waals surface area contributed by atoms with Crippen LogP contribution in [0.3, 0.4) is 0 Å². The highest BCUT2D eigenvalue weighted by molar-refractivity contribution is 9.10. The second-order valence-electron chi connectivity index (χ2n) is 4.21. The third kappa shape index (κ3) is 1.95. The van der Waals surface area contributed by atoms with E-state index in [9.17, 15) is 9.59 Å². The van der Waals surface area contributed by atoms with Crippen LogP contribution in [0, 0.1) is 0 Å². The Hall–Kier alpha value is -1.36. The van der Waals surface area contributed by atoms with Gasteiger partial charge in [-0.05, 0) is 40.2 Å². The highest BCUT2D eigenvalue weighted by Crippen LogP contribution is 2.37. The normalized spacial score (nSPS) is 13.8. The number of amides is 2. The summed E-state index contributed by atoms with van der Waals surface area (Å²) in [5, 5.41) is 0.674. The lowest BCUT2D eigenvalue weighted by molar-refractivity contribution is 0.0926. The quantitative estimate of drug-likeness (QED) is 0.545. The number of rotatable bonds is 1. The molecule has 0 radical (unpaired) electrons. The Morgan fingerprint density at radius 3 is 1.80 bits per heavy atom. The van der Waals surface area contributed by atoms with Gasteiger partial charge in [0.05, 0.1) is 31.3 Å². The lowest BCUT2D eigenvalue weighted by Crippen LogP contribution is -2.29. The van der Waals surface area contributed by atoms with E-state index < -0.39 is 0 Å². The Kier molecular flexibility index (Phi) is 3.32. The molecule has 0 atom stereocenters. The molecule has 2 aromatic carbocycles. The average Bonchev–Trinajstić information content (AvgIpc) is 2.68. The summed E-state index contributed by atoms with van der Waals surface area (Å²) in [4.78, 5) is 25.7. The molecule has 0 unspecified atom stereocenters. The Labute approximate surface area is 133 Å². The van der Waals surface area contributed by atoms with Crippen molar-refractivity contribution in [1.29, 1.82) is 0 Å². The van der Waals surface area contributed by atoms with Gasteiger partial charge in [-0.2, -0.15) is 0 Å². The van der Waals surface area contributed by atoms with E-state index in [2.05, 4.69) is 15.9 Å². The van der Waals surface area contributed by atoms with Gasteiger partial charge in [-0.3, -0.25) is 9.59 Å². The summed E-state index contributed by atoms with van der Waals surface area (Å²) in [6, 6.07) is 9.73. The summed E-state index contributed by atoms with van der Waals surface area (Å²) >= 11 is 15.3. The molecule has 0 aliphatic carbocycles. The van der Waals surface area contributed by atoms with E-state index in [-0.39, 0.29) is 11.8 Å². The number of nitrogens with zero attached hydrogens (tertiary/aromatic N) is 1. The zero-order valence-corrected chi connectivity index (χ0v) is 13.0. The van der Waals surface area contributed by atoms with Crippen molar-refractivity contribution < 1.29 is 9.59 Å². The second-order valence-corrected chi connectivity index (χ2v) is 5.82. The molecule has 0 saturated heterocycles. The maximum absolute atomic E-state index is 12.3. The molecule has 2 aromatic rings. The zero-order valence-electron chi connectivity index (χ0n) is 9.86. The number of imide groups is 1. The summed E-state index contributed by atoms with van der Waals surface area (Å²) in [5.74, 6) is -0.750. The highest BCUT2D eigenvalue weighted by Gasteiger charge is 2.36. The number of carbonyl (C=O) groups excluding carboxylic acids is 2. The van der Waals surface area contributed by atoms with Crippen molar-refractivity contribution in [2.45, 2.75) is 0 Å². The summed E-state index contributed by atoms with van der Waals surface area (Å²) in [7, 11) is 0. The third-order valence-corrected chi connectivity index (χ3v) is 4.93. The van der Waals surface area contributed by atoms with Gasteiger partial charge in [0, 0.05) is 0 Å². The maximum Gasteiger partial charge on any atom is 0.266 e. The highest BCUT2D eigenvalue weighted by atomic mass is 79.9. The molecule has 20 heavy (non-hydrogen) atoms. The van der Waals surface area contributed by atoms with E-state index in [0.29, 0.717) is 31.3 Å². The minimum atomic E-state index is -0.375. The van der Waals surface area contributed by atoms with Crippen molar-refractivity contribution in [3.05, 3.63) is 62.0 Å². The first-order chi connectivity index (χ1) is 9.50. The number of halogens is 3. The van der Waals surface area contributed by atoms with Gasteiger partial charge >= 0.3 is 0 Å². The largest absolute Gasteiger partial charge is 0.268 e. The molecule has 3 rings (SSSR count). The smallest absolute Gasteiger partial charge is 0.266 e. The first kappa shape index (κ1) is 13.6. The fourth-order valence-electron chi connectivity index (χ4n) is 2.09. The Bertz CT molecular complexity index is 703. The maximum atomic E-state index is 12.3. The molecule has 2 amide bonds. The number of benzene rings is 2. The average molecular weight is 371 g/mol.